The van der Waals surface area contributed by atoms with E-state index in [1.807, 2.05) is 41.2 Å². The Balaban J connectivity index is 1.62. The monoisotopic (exact) mass is 334 g/mol. The Morgan fingerprint density at radius 2 is 1.87 bits per heavy atom. The number of amides is 1. The fourth-order valence-electron chi connectivity index (χ4n) is 2.68. The van der Waals surface area contributed by atoms with Gasteiger partial charge in [0, 0.05) is 18.1 Å². The van der Waals surface area contributed by atoms with Crippen molar-refractivity contribution in [2.24, 2.45) is 0 Å². The van der Waals surface area contributed by atoms with Crippen molar-refractivity contribution in [2.75, 3.05) is 11.5 Å². The molecule has 2 heterocycles. The molecule has 1 N–H and O–H groups in total. The van der Waals surface area contributed by atoms with E-state index in [0.717, 1.165) is 5.69 Å². The van der Waals surface area contributed by atoms with Crippen LogP contribution in [0.4, 0.5) is 4.79 Å². The molecule has 1 atom stereocenters. The Hall–Kier alpha value is -2.28. The first-order valence-electron chi connectivity index (χ1n) is 7.29. The summed E-state index contributed by atoms with van der Waals surface area (Å²) in [6.45, 7) is 1.72. The van der Waals surface area contributed by atoms with Crippen LogP contribution >= 0.6 is 0 Å². The van der Waals surface area contributed by atoms with Gasteiger partial charge in [-0.25, -0.2) is 13.2 Å². The smallest absolute Gasteiger partial charge is 0.410 e. The minimum absolute atomic E-state index is 0.0539. The highest BCUT2D eigenvalue weighted by molar-refractivity contribution is 7.91. The molecule has 1 amide bonds. The Labute approximate surface area is 135 Å². The van der Waals surface area contributed by atoms with Crippen molar-refractivity contribution in [1.82, 2.24) is 9.88 Å². The van der Waals surface area contributed by atoms with Crippen molar-refractivity contribution >= 4 is 15.9 Å². The van der Waals surface area contributed by atoms with Gasteiger partial charge in [0.1, 0.15) is 5.75 Å². The fourth-order valence-corrected chi connectivity index (χ4v) is 4.77. The van der Waals surface area contributed by atoms with Crippen molar-refractivity contribution in [3.05, 3.63) is 48.8 Å². The predicted octanol–water partition coefficient (Wildman–Crippen LogP) is 2.14. The van der Waals surface area contributed by atoms with Crippen LogP contribution in [0.15, 0.2) is 48.8 Å². The second kappa shape index (κ2) is 5.73. The van der Waals surface area contributed by atoms with Crippen molar-refractivity contribution in [3.8, 4) is 11.4 Å². The number of carbonyl (C=O) groups excluding carboxylic acids is 1. The van der Waals surface area contributed by atoms with Gasteiger partial charge in [-0.05, 0) is 49.7 Å². The molecular weight excluding hydrogens is 316 g/mol. The lowest BCUT2D eigenvalue weighted by molar-refractivity contribution is 0.189. The first-order chi connectivity index (χ1) is 10.9. The SMILES string of the molecule is C[C@@]1(NC(=O)Oc2ccc(-n3cccc3)cc2)CCS(=O)(=O)C1. The van der Waals surface area contributed by atoms with Gasteiger partial charge < -0.3 is 14.6 Å². The Bertz CT molecular complexity index is 797. The number of benzene rings is 1. The summed E-state index contributed by atoms with van der Waals surface area (Å²) in [5.74, 6) is 0.444. The van der Waals surface area contributed by atoms with Gasteiger partial charge in [-0.15, -0.1) is 0 Å². The van der Waals surface area contributed by atoms with E-state index in [1.54, 1.807) is 19.1 Å². The largest absolute Gasteiger partial charge is 0.413 e. The van der Waals surface area contributed by atoms with Crippen molar-refractivity contribution < 1.29 is 17.9 Å². The average Bonchev–Trinajstić information content (AvgIpc) is 3.08. The molecule has 0 bridgehead atoms. The first kappa shape index (κ1) is 15.6. The molecule has 3 rings (SSSR count). The van der Waals surface area contributed by atoms with E-state index in [-0.39, 0.29) is 11.5 Å². The summed E-state index contributed by atoms with van der Waals surface area (Å²) in [6, 6.07) is 10.9. The van der Waals surface area contributed by atoms with Gasteiger partial charge >= 0.3 is 6.09 Å². The standard InChI is InChI=1S/C16H18N2O4S/c1-16(8-11-23(20,21)12-16)17-15(19)22-14-6-4-13(5-7-14)18-9-2-3-10-18/h2-7,9-10H,8,11-12H2,1H3,(H,17,19)/t16-/m1/s1. The highest BCUT2D eigenvalue weighted by Gasteiger charge is 2.39. The number of carbonyl (C=O) groups is 1. The molecule has 23 heavy (non-hydrogen) atoms. The molecule has 1 aromatic carbocycles. The highest BCUT2D eigenvalue weighted by atomic mass is 32.2. The van der Waals surface area contributed by atoms with E-state index >= 15 is 0 Å². The van der Waals surface area contributed by atoms with Crippen LogP contribution in [0.3, 0.4) is 0 Å². The zero-order chi connectivity index (χ0) is 16.5. The number of rotatable bonds is 3. The van der Waals surface area contributed by atoms with Gasteiger partial charge in [0.05, 0.1) is 17.0 Å². The molecule has 0 saturated carbocycles. The number of ether oxygens (including phenoxy) is 1. The second-order valence-electron chi connectivity index (χ2n) is 6.00. The molecule has 6 nitrogen and oxygen atoms in total. The number of nitrogens with zero attached hydrogens (tertiary/aromatic N) is 1. The quantitative estimate of drug-likeness (QED) is 0.933. The molecule has 1 saturated heterocycles. The van der Waals surface area contributed by atoms with Crippen LogP contribution in [0.25, 0.3) is 5.69 Å². The predicted molar refractivity (Wildman–Crippen MR) is 86.6 cm³/mol. The summed E-state index contributed by atoms with van der Waals surface area (Å²) in [4.78, 5) is 12.0. The van der Waals surface area contributed by atoms with Gasteiger partial charge in [-0.3, -0.25) is 0 Å². The average molecular weight is 334 g/mol. The van der Waals surface area contributed by atoms with Crippen LogP contribution < -0.4 is 10.1 Å². The Morgan fingerprint density at radius 3 is 2.43 bits per heavy atom. The van der Waals surface area contributed by atoms with Crippen molar-refractivity contribution in [2.45, 2.75) is 18.9 Å². The van der Waals surface area contributed by atoms with E-state index in [0.29, 0.717) is 12.2 Å². The van der Waals surface area contributed by atoms with Crippen LogP contribution in [-0.2, 0) is 9.84 Å². The van der Waals surface area contributed by atoms with Gasteiger partial charge in [0.25, 0.3) is 0 Å². The van der Waals surface area contributed by atoms with Crippen molar-refractivity contribution in [3.63, 3.8) is 0 Å². The zero-order valence-corrected chi connectivity index (χ0v) is 13.5. The molecule has 0 spiro atoms. The van der Waals surface area contributed by atoms with Gasteiger partial charge in [0.15, 0.2) is 9.84 Å². The molecule has 1 aliphatic heterocycles. The van der Waals surface area contributed by atoms with E-state index in [9.17, 15) is 13.2 Å². The van der Waals surface area contributed by atoms with Gasteiger partial charge in [0.2, 0.25) is 0 Å². The topological polar surface area (TPSA) is 77.4 Å². The maximum absolute atomic E-state index is 12.0. The third kappa shape index (κ3) is 3.73. The Kier molecular flexibility index (Phi) is 3.89. The van der Waals surface area contributed by atoms with E-state index in [4.69, 9.17) is 4.74 Å². The molecule has 0 unspecified atom stereocenters. The fraction of sp³-hybridized carbons (Fsp3) is 0.312. The van der Waals surface area contributed by atoms with E-state index < -0.39 is 21.5 Å². The summed E-state index contributed by atoms with van der Waals surface area (Å²) in [6.07, 6.45) is 3.60. The lowest BCUT2D eigenvalue weighted by atomic mass is 10.0. The van der Waals surface area contributed by atoms with E-state index in [1.165, 1.54) is 0 Å². The number of hydrogen-bond acceptors (Lipinski definition) is 4. The van der Waals surface area contributed by atoms with Gasteiger partial charge in [-0.1, -0.05) is 0 Å². The molecule has 0 aliphatic carbocycles. The van der Waals surface area contributed by atoms with Crippen LogP contribution in [0.1, 0.15) is 13.3 Å². The third-order valence-corrected chi connectivity index (χ3v) is 5.76. The summed E-state index contributed by atoms with van der Waals surface area (Å²) in [7, 11) is -3.08. The van der Waals surface area contributed by atoms with Crippen molar-refractivity contribution in [1.29, 1.82) is 0 Å². The second-order valence-corrected chi connectivity index (χ2v) is 8.19. The number of hydrogen-bond donors (Lipinski definition) is 1. The molecule has 2 aromatic rings. The molecule has 1 fully saturated rings. The minimum atomic E-state index is -3.08. The lowest BCUT2D eigenvalue weighted by Crippen LogP contribution is -2.48. The summed E-state index contributed by atoms with van der Waals surface area (Å²) in [5.41, 5.74) is 0.192. The maximum Gasteiger partial charge on any atom is 0.413 e. The van der Waals surface area contributed by atoms with Gasteiger partial charge in [-0.2, -0.15) is 0 Å². The lowest BCUT2D eigenvalue weighted by Gasteiger charge is -2.23. The Morgan fingerprint density at radius 1 is 1.22 bits per heavy atom. The molecule has 122 valence electrons. The van der Waals surface area contributed by atoms with E-state index in [2.05, 4.69) is 5.32 Å². The maximum atomic E-state index is 12.0. The molecule has 1 aromatic heterocycles. The van der Waals surface area contributed by atoms with Crippen LogP contribution in [0.2, 0.25) is 0 Å². The molecule has 0 radical (unpaired) electrons. The molecular formula is C16H18N2O4S. The molecule has 7 heteroatoms. The first-order valence-corrected chi connectivity index (χ1v) is 9.11. The van der Waals surface area contributed by atoms with Crippen LogP contribution in [0, 0.1) is 0 Å². The zero-order valence-electron chi connectivity index (χ0n) is 12.7. The highest BCUT2D eigenvalue weighted by Crippen LogP contribution is 2.23. The number of nitrogens with one attached hydrogen (secondary N) is 1. The summed E-state index contributed by atoms with van der Waals surface area (Å²) in [5, 5.41) is 2.66. The minimum Gasteiger partial charge on any atom is -0.410 e. The number of aromatic nitrogens is 1. The van der Waals surface area contributed by atoms with Crippen LogP contribution in [0.5, 0.6) is 5.75 Å². The normalized spacial score (nSPS) is 22.7. The van der Waals surface area contributed by atoms with Crippen LogP contribution in [-0.4, -0.2) is 36.1 Å². The summed E-state index contributed by atoms with van der Waals surface area (Å²) < 4.78 is 30.2. The molecule has 1 aliphatic rings. The number of sulfone groups is 1. The third-order valence-electron chi connectivity index (χ3n) is 3.86. The summed E-state index contributed by atoms with van der Waals surface area (Å²) >= 11 is 0.